The number of ether oxygens (including phenoxy) is 1. The molecule has 1 aromatic heterocycles. The zero-order valence-electron chi connectivity index (χ0n) is 18.8. The predicted octanol–water partition coefficient (Wildman–Crippen LogP) is 5.32. The summed E-state index contributed by atoms with van der Waals surface area (Å²) in [4.78, 5) is 23.0. The first kappa shape index (κ1) is 21.2. The maximum Gasteiger partial charge on any atom is 0.321 e. The fourth-order valence-corrected chi connectivity index (χ4v) is 4.26. The fourth-order valence-electron chi connectivity index (χ4n) is 4.26. The fraction of sp³-hybridized carbons (Fsp3) is 0.296. The standard InChI is InChI=1S/C27H28N4O2/c1-19-17-28-26(29-18-19)33-23-9-5-6-21(15-23)14-20-10-12-31(13-11-20)27(32)30-25-16-24(25)22-7-3-2-4-8-22/h2-9,14-15,17-18,24-25H,10-13,16H2,1H3,(H,30,32)/t24-,25?/m0/s1. The van der Waals surface area contributed by atoms with Crippen molar-refractivity contribution in [2.75, 3.05) is 13.1 Å². The molecule has 6 heteroatoms. The highest BCUT2D eigenvalue weighted by atomic mass is 16.5. The monoisotopic (exact) mass is 440 g/mol. The summed E-state index contributed by atoms with van der Waals surface area (Å²) in [5.41, 5.74) is 4.73. The molecule has 1 aliphatic carbocycles. The Morgan fingerprint density at radius 3 is 2.58 bits per heavy atom. The smallest absolute Gasteiger partial charge is 0.321 e. The van der Waals surface area contributed by atoms with Crippen LogP contribution in [0.3, 0.4) is 0 Å². The minimum absolute atomic E-state index is 0.0611. The number of nitrogens with one attached hydrogen (secondary N) is 1. The molecule has 3 aromatic rings. The molecule has 168 valence electrons. The Hall–Kier alpha value is -3.67. The van der Waals surface area contributed by atoms with Crippen molar-refractivity contribution >= 4 is 12.1 Å². The van der Waals surface area contributed by atoms with E-state index < -0.39 is 0 Å². The Morgan fingerprint density at radius 2 is 1.82 bits per heavy atom. The lowest BCUT2D eigenvalue weighted by Gasteiger charge is -2.28. The minimum atomic E-state index is 0.0611. The highest BCUT2D eigenvalue weighted by Crippen LogP contribution is 2.40. The Morgan fingerprint density at radius 1 is 1.06 bits per heavy atom. The van der Waals surface area contributed by atoms with Crippen LogP contribution in [0.15, 0.2) is 72.6 Å². The molecular weight excluding hydrogens is 412 g/mol. The number of amides is 2. The topological polar surface area (TPSA) is 67.3 Å². The number of urea groups is 1. The summed E-state index contributed by atoms with van der Waals surface area (Å²) in [6, 6.07) is 19.0. The predicted molar refractivity (Wildman–Crippen MR) is 128 cm³/mol. The number of likely N-dealkylation sites (tertiary alicyclic amines) is 1. The molecule has 2 heterocycles. The van der Waals surface area contributed by atoms with Gasteiger partial charge in [0.1, 0.15) is 5.75 Å². The molecule has 5 rings (SSSR count). The molecule has 2 atom stereocenters. The quantitative estimate of drug-likeness (QED) is 0.583. The minimum Gasteiger partial charge on any atom is -0.424 e. The molecule has 2 aliphatic rings. The van der Waals surface area contributed by atoms with E-state index in [0.717, 1.165) is 43.5 Å². The van der Waals surface area contributed by atoms with Crippen molar-refractivity contribution in [3.8, 4) is 11.8 Å². The summed E-state index contributed by atoms with van der Waals surface area (Å²) in [6.45, 7) is 3.43. The molecule has 1 saturated heterocycles. The molecule has 2 aromatic carbocycles. The van der Waals surface area contributed by atoms with E-state index in [9.17, 15) is 4.79 Å². The lowest BCUT2D eigenvalue weighted by Crippen LogP contribution is -2.44. The summed E-state index contributed by atoms with van der Waals surface area (Å²) in [6.07, 6.45) is 8.47. The van der Waals surface area contributed by atoms with Crippen LogP contribution in [0.25, 0.3) is 6.08 Å². The summed E-state index contributed by atoms with van der Waals surface area (Å²) in [5, 5.41) is 3.21. The molecule has 0 spiro atoms. The Balaban J connectivity index is 1.13. The van der Waals surface area contributed by atoms with Crippen LogP contribution in [0.1, 0.15) is 41.9 Å². The van der Waals surface area contributed by atoms with Crippen molar-refractivity contribution in [1.82, 2.24) is 20.2 Å². The second-order valence-corrected chi connectivity index (χ2v) is 8.82. The third-order valence-electron chi connectivity index (χ3n) is 6.22. The van der Waals surface area contributed by atoms with Crippen LogP contribution in [0, 0.1) is 6.92 Å². The lowest BCUT2D eigenvalue weighted by molar-refractivity contribution is 0.193. The molecule has 6 nitrogen and oxygen atoms in total. The van der Waals surface area contributed by atoms with Gasteiger partial charge in [-0.15, -0.1) is 0 Å². The van der Waals surface area contributed by atoms with Crippen molar-refractivity contribution < 1.29 is 9.53 Å². The van der Waals surface area contributed by atoms with Crippen LogP contribution in [-0.2, 0) is 0 Å². The zero-order valence-corrected chi connectivity index (χ0v) is 18.8. The van der Waals surface area contributed by atoms with E-state index in [4.69, 9.17) is 4.74 Å². The molecule has 0 radical (unpaired) electrons. The summed E-state index contributed by atoms with van der Waals surface area (Å²) >= 11 is 0. The van der Waals surface area contributed by atoms with E-state index in [1.54, 1.807) is 12.4 Å². The molecule has 1 unspecified atom stereocenters. The van der Waals surface area contributed by atoms with Gasteiger partial charge in [-0.2, -0.15) is 0 Å². The van der Waals surface area contributed by atoms with Gasteiger partial charge in [0.15, 0.2) is 0 Å². The van der Waals surface area contributed by atoms with Gasteiger partial charge in [-0.1, -0.05) is 54.1 Å². The van der Waals surface area contributed by atoms with Gasteiger partial charge in [0.2, 0.25) is 0 Å². The van der Waals surface area contributed by atoms with Gasteiger partial charge in [0.05, 0.1) is 0 Å². The van der Waals surface area contributed by atoms with Gasteiger partial charge < -0.3 is 15.0 Å². The maximum atomic E-state index is 12.7. The zero-order chi connectivity index (χ0) is 22.6. The van der Waals surface area contributed by atoms with Gasteiger partial charge in [0, 0.05) is 37.4 Å². The number of aryl methyl sites for hydroxylation is 1. The van der Waals surface area contributed by atoms with Gasteiger partial charge in [0.25, 0.3) is 0 Å². The highest BCUT2D eigenvalue weighted by molar-refractivity contribution is 5.75. The number of aromatic nitrogens is 2. The van der Waals surface area contributed by atoms with E-state index in [0.29, 0.717) is 17.7 Å². The van der Waals surface area contributed by atoms with Crippen molar-refractivity contribution in [3.05, 3.63) is 89.3 Å². The first-order valence-corrected chi connectivity index (χ1v) is 11.5. The second kappa shape index (κ2) is 9.45. The largest absolute Gasteiger partial charge is 0.424 e. The lowest BCUT2D eigenvalue weighted by atomic mass is 10.0. The molecule has 2 amide bonds. The van der Waals surface area contributed by atoms with E-state index in [2.05, 4.69) is 51.7 Å². The summed E-state index contributed by atoms with van der Waals surface area (Å²) in [7, 11) is 0. The number of piperidine rings is 1. The molecule has 1 N–H and O–H groups in total. The number of hydrogen-bond donors (Lipinski definition) is 1. The first-order valence-electron chi connectivity index (χ1n) is 11.5. The van der Waals surface area contributed by atoms with Crippen molar-refractivity contribution in [2.24, 2.45) is 0 Å². The molecular formula is C27H28N4O2. The Bertz CT molecular complexity index is 1130. The van der Waals surface area contributed by atoms with Crippen LogP contribution >= 0.6 is 0 Å². The second-order valence-electron chi connectivity index (χ2n) is 8.82. The van der Waals surface area contributed by atoms with Crippen molar-refractivity contribution in [2.45, 2.75) is 38.1 Å². The highest BCUT2D eigenvalue weighted by Gasteiger charge is 2.40. The maximum absolute atomic E-state index is 12.7. The number of carbonyl (C=O) groups is 1. The van der Waals surface area contributed by atoms with Crippen LogP contribution in [0.5, 0.6) is 11.8 Å². The third kappa shape index (κ3) is 5.40. The van der Waals surface area contributed by atoms with Crippen LogP contribution in [0.4, 0.5) is 4.79 Å². The number of benzene rings is 2. The van der Waals surface area contributed by atoms with E-state index >= 15 is 0 Å². The molecule has 33 heavy (non-hydrogen) atoms. The van der Waals surface area contributed by atoms with E-state index in [1.807, 2.05) is 36.1 Å². The molecule has 1 saturated carbocycles. The van der Waals surface area contributed by atoms with Crippen molar-refractivity contribution in [1.29, 1.82) is 0 Å². The average Bonchev–Trinajstić information content (AvgIpc) is 3.61. The SMILES string of the molecule is Cc1cnc(Oc2cccc(C=C3CCN(C(=O)NC4C[C@H]4c4ccccc4)CC3)c2)nc1. The molecule has 2 fully saturated rings. The van der Waals surface area contributed by atoms with Gasteiger partial charge in [-0.05, 0) is 55.0 Å². The first-order chi connectivity index (χ1) is 16.1. The Labute approximate surface area is 194 Å². The number of hydrogen-bond acceptors (Lipinski definition) is 4. The van der Waals surface area contributed by atoms with Gasteiger partial charge in [-0.3, -0.25) is 0 Å². The Kier molecular flexibility index (Phi) is 6.07. The molecule has 0 bridgehead atoms. The van der Waals surface area contributed by atoms with Crippen LogP contribution < -0.4 is 10.1 Å². The average molecular weight is 441 g/mol. The van der Waals surface area contributed by atoms with E-state index in [-0.39, 0.29) is 12.1 Å². The number of rotatable bonds is 5. The summed E-state index contributed by atoms with van der Waals surface area (Å²) < 4.78 is 5.78. The number of nitrogens with zero attached hydrogens (tertiary/aromatic N) is 3. The normalized spacial score (nSPS) is 19.7. The van der Waals surface area contributed by atoms with Crippen LogP contribution in [0.2, 0.25) is 0 Å². The van der Waals surface area contributed by atoms with E-state index in [1.165, 1.54) is 11.1 Å². The molecule has 1 aliphatic heterocycles. The number of carbonyl (C=O) groups excluding carboxylic acids is 1. The summed E-state index contributed by atoms with van der Waals surface area (Å²) in [5.74, 6) is 1.16. The van der Waals surface area contributed by atoms with Crippen LogP contribution in [-0.4, -0.2) is 40.0 Å². The van der Waals surface area contributed by atoms with Crippen molar-refractivity contribution in [3.63, 3.8) is 0 Å². The third-order valence-corrected chi connectivity index (χ3v) is 6.22. The van der Waals surface area contributed by atoms with Gasteiger partial charge in [-0.25, -0.2) is 14.8 Å². The van der Waals surface area contributed by atoms with Gasteiger partial charge >= 0.3 is 12.0 Å².